The molecule has 5 heterocycles. The third-order valence-corrected chi connectivity index (χ3v) is 6.48. The Hall–Kier alpha value is -2.65. The number of hydrogen-bond acceptors (Lipinski definition) is 6. The molecule has 0 bridgehead atoms. The molecule has 6 nitrogen and oxygen atoms in total. The van der Waals surface area contributed by atoms with Crippen LogP contribution in [0.5, 0.6) is 0 Å². The average Bonchev–Trinajstić information content (AvgIpc) is 3.49. The predicted octanol–water partition coefficient (Wildman–Crippen LogP) is 4.81. The van der Waals surface area contributed by atoms with E-state index in [2.05, 4.69) is 55.2 Å². The van der Waals surface area contributed by atoms with Crippen LogP contribution in [0, 0.1) is 0 Å². The molecular weight excluding hydrogens is 461 g/mol. The summed E-state index contributed by atoms with van der Waals surface area (Å²) in [7, 11) is 0. The average molecular weight is 478 g/mol. The Morgan fingerprint density at radius 3 is 2.83 bits per heavy atom. The SMILES string of the molecule is Cl.Cl.O=C1NC(NCc2ccc(-c3cccs3)s2)=N/C1=C\c1c[nH]c2ncccc12. The quantitative estimate of drug-likeness (QED) is 0.368. The lowest BCUT2D eigenvalue weighted by molar-refractivity contribution is -0.115. The first-order valence-corrected chi connectivity index (χ1v) is 10.4. The Bertz CT molecular complexity index is 1230. The Kier molecular flexibility index (Phi) is 6.94. The number of aliphatic imine (C=N–C) groups is 1. The van der Waals surface area contributed by atoms with Gasteiger partial charge in [-0.2, -0.15) is 0 Å². The van der Waals surface area contributed by atoms with Gasteiger partial charge in [-0.15, -0.1) is 47.5 Å². The number of pyridine rings is 1. The smallest absolute Gasteiger partial charge is 0.276 e. The Labute approximate surface area is 193 Å². The van der Waals surface area contributed by atoms with E-state index < -0.39 is 0 Å². The van der Waals surface area contributed by atoms with Crippen LogP contribution in [0.2, 0.25) is 0 Å². The lowest BCUT2D eigenvalue weighted by atomic mass is 10.2. The van der Waals surface area contributed by atoms with E-state index in [0.717, 1.165) is 16.6 Å². The van der Waals surface area contributed by atoms with Crippen molar-refractivity contribution in [3.8, 4) is 9.75 Å². The maximum absolute atomic E-state index is 12.3. The minimum Gasteiger partial charge on any atom is -0.351 e. The van der Waals surface area contributed by atoms with Crippen molar-refractivity contribution in [3.63, 3.8) is 0 Å². The van der Waals surface area contributed by atoms with Crippen LogP contribution in [-0.2, 0) is 11.3 Å². The van der Waals surface area contributed by atoms with Gasteiger partial charge in [-0.05, 0) is 41.8 Å². The summed E-state index contributed by atoms with van der Waals surface area (Å²) in [6.07, 6.45) is 5.33. The van der Waals surface area contributed by atoms with E-state index in [1.807, 2.05) is 18.3 Å². The van der Waals surface area contributed by atoms with Crippen molar-refractivity contribution in [2.75, 3.05) is 0 Å². The molecule has 30 heavy (non-hydrogen) atoms. The van der Waals surface area contributed by atoms with E-state index in [1.165, 1.54) is 14.6 Å². The molecule has 154 valence electrons. The maximum Gasteiger partial charge on any atom is 0.276 e. The van der Waals surface area contributed by atoms with Crippen molar-refractivity contribution < 1.29 is 4.79 Å². The van der Waals surface area contributed by atoms with Crippen LogP contribution in [0.4, 0.5) is 0 Å². The molecule has 0 atom stereocenters. The molecular formula is C20H17Cl2N5OS2. The van der Waals surface area contributed by atoms with Gasteiger partial charge in [-0.25, -0.2) is 9.98 Å². The standard InChI is InChI=1S/C20H15N5OS2.2ClH/c26-19-15(9-12-10-22-18-14(12)3-1-7-21-18)24-20(25-19)23-11-13-5-6-17(28-13)16-4-2-8-27-16;;/h1-10H,11H2,(H,21,22)(H2,23,24,25,26);2*1H/b15-9-;;. The summed E-state index contributed by atoms with van der Waals surface area (Å²) in [6, 6.07) is 12.2. The lowest BCUT2D eigenvalue weighted by Crippen LogP contribution is -2.35. The highest BCUT2D eigenvalue weighted by Gasteiger charge is 2.20. The fourth-order valence-electron chi connectivity index (χ4n) is 2.99. The summed E-state index contributed by atoms with van der Waals surface area (Å²) in [5.74, 6) is 0.256. The molecule has 0 aliphatic carbocycles. The van der Waals surface area contributed by atoms with E-state index in [1.54, 1.807) is 34.9 Å². The van der Waals surface area contributed by atoms with Crippen molar-refractivity contribution in [2.24, 2.45) is 4.99 Å². The van der Waals surface area contributed by atoms with E-state index in [-0.39, 0.29) is 30.7 Å². The Morgan fingerprint density at radius 2 is 2.00 bits per heavy atom. The first-order valence-electron chi connectivity index (χ1n) is 8.66. The Morgan fingerprint density at radius 1 is 1.10 bits per heavy atom. The number of carbonyl (C=O) groups is 1. The van der Waals surface area contributed by atoms with Gasteiger partial charge in [0, 0.05) is 38.0 Å². The molecule has 1 aliphatic rings. The number of carbonyl (C=O) groups excluding carboxylic acids is 1. The molecule has 3 N–H and O–H groups in total. The molecule has 10 heteroatoms. The van der Waals surface area contributed by atoms with Gasteiger partial charge in [0.2, 0.25) is 5.96 Å². The van der Waals surface area contributed by atoms with E-state index in [9.17, 15) is 4.79 Å². The number of nitrogens with zero attached hydrogens (tertiary/aromatic N) is 2. The molecule has 1 aliphatic heterocycles. The zero-order valence-corrected chi connectivity index (χ0v) is 18.7. The van der Waals surface area contributed by atoms with Crippen LogP contribution in [0.3, 0.4) is 0 Å². The number of aromatic amines is 1. The normalized spacial score (nSPS) is 14.2. The molecule has 0 unspecified atom stereocenters. The van der Waals surface area contributed by atoms with Crippen LogP contribution in [-0.4, -0.2) is 21.8 Å². The molecule has 0 saturated heterocycles. The van der Waals surface area contributed by atoms with E-state index in [4.69, 9.17) is 0 Å². The Balaban J connectivity index is 0.00000128. The number of halogens is 2. The fourth-order valence-corrected chi connectivity index (χ4v) is 4.77. The minimum atomic E-state index is -0.216. The van der Waals surface area contributed by atoms with Gasteiger partial charge >= 0.3 is 0 Å². The summed E-state index contributed by atoms with van der Waals surface area (Å²) in [5.41, 5.74) is 2.05. The van der Waals surface area contributed by atoms with Gasteiger partial charge in [-0.3, -0.25) is 10.1 Å². The largest absolute Gasteiger partial charge is 0.351 e. The predicted molar refractivity (Wildman–Crippen MR) is 129 cm³/mol. The first-order chi connectivity index (χ1) is 13.8. The molecule has 5 rings (SSSR count). The number of rotatable bonds is 4. The number of H-pyrrole nitrogens is 1. The number of thiophene rings is 2. The minimum absolute atomic E-state index is 0. The zero-order chi connectivity index (χ0) is 18.9. The van der Waals surface area contributed by atoms with Gasteiger partial charge in [0.15, 0.2) is 0 Å². The molecule has 4 aromatic heterocycles. The molecule has 0 fully saturated rings. The van der Waals surface area contributed by atoms with Crippen LogP contribution >= 0.6 is 47.5 Å². The van der Waals surface area contributed by atoms with Gasteiger partial charge in [-0.1, -0.05) is 6.07 Å². The van der Waals surface area contributed by atoms with Crippen molar-refractivity contribution in [1.82, 2.24) is 20.6 Å². The number of fused-ring (bicyclic) bond motifs is 1. The molecule has 0 saturated carbocycles. The summed E-state index contributed by atoms with van der Waals surface area (Å²) in [6.45, 7) is 0.611. The fraction of sp³-hybridized carbons (Fsp3) is 0.0500. The van der Waals surface area contributed by atoms with Crippen LogP contribution < -0.4 is 10.6 Å². The van der Waals surface area contributed by atoms with Crippen molar-refractivity contribution in [2.45, 2.75) is 6.54 Å². The molecule has 4 aromatic rings. The van der Waals surface area contributed by atoms with Gasteiger partial charge in [0.25, 0.3) is 5.91 Å². The first kappa shape index (κ1) is 22.0. The highest BCUT2D eigenvalue weighted by molar-refractivity contribution is 7.21. The molecule has 0 radical (unpaired) electrons. The lowest BCUT2D eigenvalue weighted by Gasteiger charge is -2.02. The van der Waals surface area contributed by atoms with Crippen LogP contribution in [0.1, 0.15) is 10.4 Å². The number of nitrogens with one attached hydrogen (secondary N) is 3. The third-order valence-electron chi connectivity index (χ3n) is 4.33. The number of aromatic nitrogens is 2. The van der Waals surface area contributed by atoms with Crippen LogP contribution in [0.25, 0.3) is 26.9 Å². The summed E-state index contributed by atoms with van der Waals surface area (Å²) >= 11 is 3.47. The van der Waals surface area contributed by atoms with Gasteiger partial charge in [0.1, 0.15) is 11.3 Å². The topological polar surface area (TPSA) is 82.2 Å². The molecule has 0 spiro atoms. The maximum atomic E-state index is 12.3. The second-order valence-electron chi connectivity index (χ2n) is 6.18. The summed E-state index contributed by atoms with van der Waals surface area (Å²) < 4.78 is 0. The van der Waals surface area contributed by atoms with E-state index >= 15 is 0 Å². The zero-order valence-electron chi connectivity index (χ0n) is 15.4. The number of guanidine groups is 1. The number of amides is 1. The van der Waals surface area contributed by atoms with Gasteiger partial charge in [0.05, 0.1) is 6.54 Å². The van der Waals surface area contributed by atoms with Gasteiger partial charge < -0.3 is 10.3 Å². The van der Waals surface area contributed by atoms with Crippen molar-refractivity contribution in [3.05, 3.63) is 70.3 Å². The molecule has 0 aromatic carbocycles. The highest BCUT2D eigenvalue weighted by Crippen LogP contribution is 2.31. The third kappa shape index (κ3) is 4.41. The van der Waals surface area contributed by atoms with Crippen molar-refractivity contribution in [1.29, 1.82) is 0 Å². The molecule has 1 amide bonds. The highest BCUT2D eigenvalue weighted by atomic mass is 35.5. The van der Waals surface area contributed by atoms with Crippen LogP contribution in [0.15, 0.2) is 64.9 Å². The number of hydrogen-bond donors (Lipinski definition) is 3. The van der Waals surface area contributed by atoms with E-state index in [0.29, 0.717) is 18.2 Å². The van der Waals surface area contributed by atoms with Crippen molar-refractivity contribution >= 4 is 76.5 Å². The summed E-state index contributed by atoms with van der Waals surface area (Å²) in [5, 5.41) is 9.02. The summed E-state index contributed by atoms with van der Waals surface area (Å²) in [4.78, 5) is 27.7. The second-order valence-corrected chi connectivity index (χ2v) is 8.30. The monoisotopic (exact) mass is 477 g/mol. The second kappa shape index (κ2) is 9.44.